The Labute approximate surface area is 626 Å². The average Bonchev–Trinajstić information content (AvgIpc) is 0.831. The lowest BCUT2D eigenvalue weighted by Gasteiger charge is -2.34. The van der Waals surface area contributed by atoms with E-state index in [9.17, 15) is 4.79 Å². The Morgan fingerprint density at radius 1 is 0.380 bits per heavy atom. The number of aromatic nitrogens is 16. The molecule has 5 aromatic carbocycles. The van der Waals surface area contributed by atoms with Crippen LogP contribution in [0.3, 0.4) is 0 Å². The van der Waals surface area contributed by atoms with Crippen LogP contribution in [0.4, 0.5) is 59.0 Å². The molecule has 0 atom stereocenters. The Morgan fingerprint density at radius 3 is 1.40 bits per heavy atom. The summed E-state index contributed by atoms with van der Waals surface area (Å²) in [5.41, 5.74) is 14.1. The highest BCUT2D eigenvalue weighted by molar-refractivity contribution is 5.78. The smallest absolute Gasteiger partial charge is 0.231 e. The second-order valence-electron chi connectivity index (χ2n) is 26.9. The molecule has 4 N–H and O–H groups in total. The van der Waals surface area contributed by atoms with Crippen LogP contribution < -0.4 is 55.4 Å². The Kier molecular flexibility index (Phi) is 23.0. The van der Waals surface area contributed by atoms with E-state index in [1.54, 1.807) is 38.2 Å². The molecule has 0 saturated carbocycles. The molecule has 0 spiro atoms. The maximum atomic E-state index is 11.4. The van der Waals surface area contributed by atoms with Crippen molar-refractivity contribution in [3.63, 3.8) is 0 Å². The van der Waals surface area contributed by atoms with E-state index in [-0.39, 0.29) is 5.78 Å². The molecule has 28 nitrogen and oxygen atoms in total. The highest BCUT2D eigenvalue weighted by atomic mass is 16.5. The van der Waals surface area contributed by atoms with Gasteiger partial charge < -0.3 is 55.4 Å². The van der Waals surface area contributed by atoms with Gasteiger partial charge in [-0.3, -0.25) is 9.78 Å². The molecule has 0 aliphatic carbocycles. The fraction of sp³-hybridized carbons (Fsp3) is 0.287. The molecule has 28 heteroatoms. The van der Waals surface area contributed by atoms with Gasteiger partial charge in [0.25, 0.3) is 0 Å². The number of benzene rings is 5. The largest absolute Gasteiger partial charge is 0.454 e. The summed E-state index contributed by atoms with van der Waals surface area (Å²) in [5, 5.41) is 13.4. The van der Waals surface area contributed by atoms with Crippen LogP contribution in [0.5, 0.6) is 11.5 Å². The summed E-state index contributed by atoms with van der Waals surface area (Å²) in [5.74, 6) is 7.57. The summed E-state index contributed by atoms with van der Waals surface area (Å²) >= 11 is 0. The van der Waals surface area contributed by atoms with Crippen molar-refractivity contribution in [3.8, 4) is 11.5 Å². The zero-order valence-electron chi connectivity index (χ0n) is 60.3. The van der Waals surface area contributed by atoms with Crippen LogP contribution >= 0.6 is 0 Å². The third kappa shape index (κ3) is 19.2. The van der Waals surface area contributed by atoms with E-state index in [1.165, 1.54) is 39.7 Å². The highest BCUT2D eigenvalue weighted by Gasteiger charge is 2.26. The summed E-state index contributed by atoms with van der Waals surface area (Å²) in [6.45, 7) is 14.9. The highest BCUT2D eigenvalue weighted by Crippen LogP contribution is 2.27. The first-order valence-electron chi connectivity index (χ1n) is 36.6. The van der Waals surface area contributed by atoms with Crippen molar-refractivity contribution in [1.29, 1.82) is 0 Å². The van der Waals surface area contributed by atoms with Crippen LogP contribution in [0.15, 0.2) is 202 Å². The van der Waals surface area contributed by atoms with Gasteiger partial charge in [-0.1, -0.05) is 91.0 Å². The Balaban J connectivity index is 0.000000129. The topological polar surface area (TPSA) is 300 Å². The van der Waals surface area contributed by atoms with Crippen LogP contribution in [0.2, 0.25) is 0 Å². The van der Waals surface area contributed by atoms with E-state index in [0.717, 1.165) is 193 Å². The van der Waals surface area contributed by atoms with Crippen molar-refractivity contribution < 1.29 is 9.53 Å². The number of ketones is 1. The summed E-state index contributed by atoms with van der Waals surface area (Å²) in [6, 6.07) is 44.9. The van der Waals surface area contributed by atoms with Gasteiger partial charge >= 0.3 is 0 Å². The lowest BCUT2D eigenvalue weighted by Crippen LogP contribution is -2.47. The summed E-state index contributed by atoms with van der Waals surface area (Å²) in [7, 11) is 0. The van der Waals surface area contributed by atoms with Gasteiger partial charge in [0.05, 0.1) is 12.4 Å². The molecule has 7 aromatic heterocycles. The number of Topliss-reactive ketones (excluding diaryl/α,β-unsaturated/α-hetero) is 1. The van der Waals surface area contributed by atoms with Gasteiger partial charge in [-0.2, -0.15) is 15.0 Å². The van der Waals surface area contributed by atoms with Gasteiger partial charge in [0.2, 0.25) is 47.6 Å². The number of anilines is 10. The molecular weight excluding hydrogens is 1360 g/mol. The molecule has 0 unspecified atom stereocenters. The van der Waals surface area contributed by atoms with Gasteiger partial charge in [0.1, 0.15) is 36.3 Å². The standard InChI is InChI=1S/C27H29N9.C27H28N8O.C26H27N9O/c1-2-21(15-28-6-1)12-22-16-30-26(31-17-22)35-8-10-36(11-9-35)27-33-19-32-25(34-27)14-20-3-4-23-5-7-29-18-24(23)13-20;1-20(36)14-22-8-5-9-24(16-22)32-25-30-19-31-27(33-25)35-12-10-34(11-13-35)26-28-17-23(18-29-26)15-21-6-3-2-4-7-21;1-2-4-22(5-3-1)36-23-16-28-25(29-17-23)34-10-12-35(13-11-34)26-31-18-30-24(33-26)32-21-7-6-19-8-9-27-15-20(19)14-21/h1-4,6,13,15-17,19,29H,5,7-12,14,18H2;2-9,16-19H,10-15H2,1H3,(H,30,31,32,33);1-7,14,16-18,27H,8-13,15H2,(H,30,31,32,33). The van der Waals surface area contributed by atoms with Crippen molar-refractivity contribution in [1.82, 2.24) is 90.4 Å². The molecule has 0 radical (unpaired) electrons. The van der Waals surface area contributed by atoms with Crippen molar-refractivity contribution in [3.05, 3.63) is 263 Å². The fourth-order valence-corrected chi connectivity index (χ4v) is 13.5. The SMILES string of the molecule is CC(=O)Cc1cccc(Nc2ncnc(N3CCN(c4ncc(Cc5ccccc5)cn4)CC3)n2)c1.c1ccc(Oc2cnc(N3CCN(c4ncnc(Nc5ccc6c(c5)CNCC6)n4)CC3)nc2)cc1.c1cncc(Cc2cnc(N3CCN(c4ncnc(Cc5ccc6c(c5)CNCC6)n4)CC3)nc2)c1. The van der Waals surface area contributed by atoms with Crippen molar-refractivity contribution >= 4 is 64.7 Å². The molecule has 0 bridgehead atoms. The average molecular weight is 1440 g/mol. The van der Waals surface area contributed by atoms with Gasteiger partial charge in [0, 0.05) is 166 Å². The Bertz CT molecular complexity index is 4690. The number of hydrogen-bond donors (Lipinski definition) is 4. The minimum absolute atomic E-state index is 0.127. The number of carbonyl (C=O) groups is 1. The zero-order valence-corrected chi connectivity index (χ0v) is 60.3. The molecule has 108 heavy (non-hydrogen) atoms. The second-order valence-corrected chi connectivity index (χ2v) is 26.9. The van der Waals surface area contributed by atoms with E-state index in [4.69, 9.17) is 9.72 Å². The number of ether oxygens (including phenoxy) is 1. The maximum absolute atomic E-state index is 11.4. The number of hydrogen-bond acceptors (Lipinski definition) is 28. The first kappa shape index (κ1) is 70.9. The molecule has 5 aliphatic heterocycles. The third-order valence-electron chi connectivity index (χ3n) is 19.1. The van der Waals surface area contributed by atoms with Crippen molar-refractivity contribution in [2.75, 3.05) is 132 Å². The van der Waals surface area contributed by atoms with Crippen molar-refractivity contribution in [2.24, 2.45) is 0 Å². The number of fused-ring (bicyclic) bond motifs is 2. The minimum Gasteiger partial charge on any atom is -0.454 e. The lowest BCUT2D eigenvalue weighted by atomic mass is 9.97. The first-order valence-corrected chi connectivity index (χ1v) is 36.6. The van der Waals surface area contributed by atoms with E-state index in [1.807, 2.05) is 110 Å². The molecular formula is C80H84N26O2. The predicted molar refractivity (Wildman–Crippen MR) is 416 cm³/mol. The monoisotopic (exact) mass is 1440 g/mol. The van der Waals surface area contributed by atoms with Crippen LogP contribution in [-0.4, -0.2) is 177 Å². The second kappa shape index (κ2) is 34.9. The molecule has 3 fully saturated rings. The number of rotatable bonds is 20. The normalized spacial score (nSPS) is 14.8. The summed E-state index contributed by atoms with van der Waals surface area (Å²) < 4.78 is 5.79. The predicted octanol–water partition coefficient (Wildman–Crippen LogP) is 8.83. The van der Waals surface area contributed by atoms with E-state index in [0.29, 0.717) is 48.3 Å². The minimum atomic E-state index is 0.127. The van der Waals surface area contributed by atoms with E-state index in [2.05, 4.69) is 180 Å². The van der Waals surface area contributed by atoms with Gasteiger partial charge in [0.15, 0.2) is 5.75 Å². The van der Waals surface area contributed by atoms with Crippen molar-refractivity contribution in [2.45, 2.75) is 58.5 Å². The number of pyridine rings is 1. The molecule has 12 heterocycles. The quantitative estimate of drug-likeness (QED) is 0.0554. The number of carbonyl (C=O) groups excluding carboxylic acids is 1. The summed E-state index contributed by atoms with van der Waals surface area (Å²) in [6.07, 6.45) is 24.3. The first-order chi connectivity index (χ1) is 53.2. The third-order valence-corrected chi connectivity index (χ3v) is 19.1. The Morgan fingerprint density at radius 2 is 0.852 bits per heavy atom. The van der Waals surface area contributed by atoms with Crippen LogP contribution in [-0.2, 0) is 56.4 Å². The molecule has 0 amide bonds. The number of nitrogens with one attached hydrogen (secondary N) is 4. The molecule has 3 saturated heterocycles. The van der Waals surface area contributed by atoms with E-state index >= 15 is 0 Å². The molecule has 546 valence electrons. The lowest BCUT2D eigenvalue weighted by molar-refractivity contribution is -0.116. The fourth-order valence-electron chi connectivity index (χ4n) is 13.5. The van der Waals surface area contributed by atoms with Crippen LogP contribution in [0.1, 0.15) is 68.4 Å². The van der Waals surface area contributed by atoms with E-state index < -0.39 is 0 Å². The van der Waals surface area contributed by atoms with Gasteiger partial charge in [-0.05, 0) is 131 Å². The number of nitrogens with zero attached hydrogens (tertiary/aromatic N) is 22. The van der Waals surface area contributed by atoms with Gasteiger partial charge in [-0.25, -0.2) is 59.8 Å². The van der Waals surface area contributed by atoms with Crippen LogP contribution in [0, 0.1) is 0 Å². The van der Waals surface area contributed by atoms with Gasteiger partial charge in [-0.15, -0.1) is 0 Å². The Hall–Kier alpha value is -12.7. The molecule has 17 rings (SSSR count). The van der Waals surface area contributed by atoms with Crippen LogP contribution in [0.25, 0.3) is 0 Å². The number of para-hydroxylation sites is 1. The molecule has 5 aliphatic rings. The summed E-state index contributed by atoms with van der Waals surface area (Å²) in [4.78, 5) is 96.5. The zero-order chi connectivity index (χ0) is 73.1. The number of piperazine rings is 3. The maximum Gasteiger partial charge on any atom is 0.231 e. The molecule has 12 aromatic rings.